The van der Waals surface area contributed by atoms with Crippen LogP contribution in [0.25, 0.3) is 0 Å². The van der Waals surface area contributed by atoms with Crippen LogP contribution in [0, 0.1) is 5.41 Å². The summed E-state index contributed by atoms with van der Waals surface area (Å²) in [5.41, 5.74) is 2.00. The summed E-state index contributed by atoms with van der Waals surface area (Å²) in [5, 5.41) is 4.15. The van der Waals surface area contributed by atoms with E-state index in [-0.39, 0.29) is 11.3 Å². The molecule has 5 heteroatoms. The van der Waals surface area contributed by atoms with Crippen LogP contribution >= 0.6 is 11.6 Å². The number of halogens is 1. The predicted octanol–water partition coefficient (Wildman–Crippen LogP) is 2.24. The quantitative estimate of drug-likeness (QED) is 0.928. The van der Waals surface area contributed by atoms with Crippen molar-refractivity contribution in [2.24, 2.45) is 5.41 Å². The molecule has 1 saturated heterocycles. The van der Waals surface area contributed by atoms with Crippen molar-refractivity contribution in [3.8, 4) is 0 Å². The molecular weight excluding hydrogens is 300 g/mol. The van der Waals surface area contributed by atoms with Crippen molar-refractivity contribution >= 4 is 17.5 Å². The Hall–Kier alpha value is -1.10. The Morgan fingerprint density at radius 3 is 2.91 bits per heavy atom. The van der Waals surface area contributed by atoms with E-state index in [9.17, 15) is 4.79 Å². The number of piperidine rings is 1. The smallest absolute Gasteiger partial charge is 0.231 e. The fourth-order valence-corrected chi connectivity index (χ4v) is 3.96. The second-order valence-corrected chi connectivity index (χ2v) is 6.72. The maximum Gasteiger partial charge on any atom is 0.231 e. The molecule has 22 heavy (non-hydrogen) atoms. The van der Waals surface area contributed by atoms with Gasteiger partial charge in [-0.3, -0.25) is 4.79 Å². The molecule has 1 fully saturated rings. The van der Waals surface area contributed by atoms with E-state index < -0.39 is 0 Å². The van der Waals surface area contributed by atoms with E-state index in [0.29, 0.717) is 13.2 Å². The number of amides is 1. The molecular formula is C17H23ClN2O2. The van der Waals surface area contributed by atoms with Gasteiger partial charge in [0, 0.05) is 25.2 Å². The van der Waals surface area contributed by atoms with Crippen molar-refractivity contribution in [2.75, 3.05) is 33.4 Å². The van der Waals surface area contributed by atoms with Gasteiger partial charge in [0.05, 0.1) is 12.0 Å². The Labute approximate surface area is 136 Å². The van der Waals surface area contributed by atoms with Crippen molar-refractivity contribution in [1.29, 1.82) is 0 Å². The van der Waals surface area contributed by atoms with Gasteiger partial charge in [0.2, 0.25) is 5.91 Å². The number of hydrogen-bond donors (Lipinski definition) is 1. The molecule has 1 N–H and O–H groups in total. The number of methoxy groups -OCH3 is 1. The fourth-order valence-electron chi connectivity index (χ4n) is 3.67. The van der Waals surface area contributed by atoms with Crippen LogP contribution in [0.2, 0.25) is 5.02 Å². The van der Waals surface area contributed by atoms with Crippen LogP contribution in [0.4, 0.5) is 0 Å². The van der Waals surface area contributed by atoms with Gasteiger partial charge in [-0.15, -0.1) is 0 Å². The largest absolute Gasteiger partial charge is 0.384 e. The molecule has 1 amide bonds. The molecule has 0 aliphatic carbocycles. The minimum atomic E-state index is -0.365. The van der Waals surface area contributed by atoms with Crippen molar-refractivity contribution in [3.63, 3.8) is 0 Å². The van der Waals surface area contributed by atoms with E-state index in [1.54, 1.807) is 7.11 Å². The number of rotatable bonds is 3. The zero-order valence-corrected chi connectivity index (χ0v) is 13.8. The molecule has 2 heterocycles. The number of carbonyl (C=O) groups is 1. The van der Waals surface area contributed by atoms with Gasteiger partial charge in [0.15, 0.2) is 0 Å². The monoisotopic (exact) mass is 322 g/mol. The Morgan fingerprint density at radius 2 is 2.18 bits per heavy atom. The lowest BCUT2D eigenvalue weighted by Gasteiger charge is -2.41. The van der Waals surface area contributed by atoms with Crippen molar-refractivity contribution in [1.82, 2.24) is 10.2 Å². The highest BCUT2D eigenvalue weighted by Crippen LogP contribution is 2.34. The molecule has 1 aromatic rings. The minimum Gasteiger partial charge on any atom is -0.384 e. The second-order valence-electron chi connectivity index (χ2n) is 6.32. The van der Waals surface area contributed by atoms with Crippen LogP contribution in [-0.4, -0.2) is 44.2 Å². The van der Waals surface area contributed by atoms with Crippen LogP contribution < -0.4 is 5.32 Å². The van der Waals surface area contributed by atoms with E-state index in [4.69, 9.17) is 16.3 Å². The standard InChI is InChI=1S/C17H23ClN2O2/c1-22-12-17(6-8-19-9-7-17)16(21)20-10-5-14-13(11-20)3-2-4-15(14)18/h2-4,19H,5-12H2,1H3. The van der Waals surface area contributed by atoms with E-state index in [1.165, 1.54) is 11.1 Å². The highest BCUT2D eigenvalue weighted by atomic mass is 35.5. The SMILES string of the molecule is COCC1(C(=O)N2CCc3c(Cl)cccc3C2)CCNCC1. The fraction of sp³-hybridized carbons (Fsp3) is 0.588. The van der Waals surface area contributed by atoms with Crippen LogP contribution in [0.5, 0.6) is 0 Å². The molecule has 0 aromatic heterocycles. The third-order valence-corrected chi connectivity index (χ3v) is 5.29. The minimum absolute atomic E-state index is 0.237. The Balaban J connectivity index is 1.80. The predicted molar refractivity (Wildman–Crippen MR) is 87.0 cm³/mol. The normalized spacial score (nSPS) is 20.5. The Morgan fingerprint density at radius 1 is 1.41 bits per heavy atom. The first-order valence-electron chi connectivity index (χ1n) is 7.91. The molecule has 0 spiro atoms. The summed E-state index contributed by atoms with van der Waals surface area (Å²) in [4.78, 5) is 15.1. The van der Waals surface area contributed by atoms with Gasteiger partial charge in [-0.1, -0.05) is 23.7 Å². The maximum atomic E-state index is 13.1. The number of hydrogen-bond acceptors (Lipinski definition) is 3. The van der Waals surface area contributed by atoms with E-state index >= 15 is 0 Å². The van der Waals surface area contributed by atoms with Crippen LogP contribution in [0.1, 0.15) is 24.0 Å². The number of nitrogens with zero attached hydrogens (tertiary/aromatic N) is 1. The molecule has 2 aliphatic heterocycles. The van der Waals surface area contributed by atoms with Gasteiger partial charge in [-0.2, -0.15) is 0 Å². The van der Waals surface area contributed by atoms with Gasteiger partial charge in [0.1, 0.15) is 0 Å². The van der Waals surface area contributed by atoms with Gasteiger partial charge in [0.25, 0.3) is 0 Å². The van der Waals surface area contributed by atoms with Crippen LogP contribution in [0.3, 0.4) is 0 Å². The molecule has 1 aromatic carbocycles. The second kappa shape index (κ2) is 6.57. The lowest BCUT2D eigenvalue weighted by molar-refractivity contribution is -0.148. The van der Waals surface area contributed by atoms with Crippen molar-refractivity contribution in [2.45, 2.75) is 25.8 Å². The summed E-state index contributed by atoms with van der Waals surface area (Å²) >= 11 is 6.26. The average molecular weight is 323 g/mol. The topological polar surface area (TPSA) is 41.6 Å². The highest BCUT2D eigenvalue weighted by molar-refractivity contribution is 6.31. The van der Waals surface area contributed by atoms with E-state index in [1.807, 2.05) is 17.0 Å². The Bertz CT molecular complexity index is 550. The first-order chi connectivity index (χ1) is 10.7. The summed E-state index contributed by atoms with van der Waals surface area (Å²) in [6.07, 6.45) is 2.53. The van der Waals surface area contributed by atoms with Gasteiger partial charge in [-0.05, 0) is 49.5 Å². The third kappa shape index (κ3) is 2.87. The van der Waals surface area contributed by atoms with Gasteiger partial charge < -0.3 is 15.0 Å². The summed E-state index contributed by atoms with van der Waals surface area (Å²) in [6.45, 7) is 3.67. The number of ether oxygens (including phenoxy) is 1. The molecule has 120 valence electrons. The van der Waals surface area contributed by atoms with Gasteiger partial charge >= 0.3 is 0 Å². The number of nitrogens with one attached hydrogen (secondary N) is 1. The molecule has 0 bridgehead atoms. The summed E-state index contributed by atoms with van der Waals surface area (Å²) in [7, 11) is 1.68. The lowest BCUT2D eigenvalue weighted by Crippen LogP contribution is -2.52. The van der Waals surface area contributed by atoms with E-state index in [2.05, 4.69) is 11.4 Å². The summed E-state index contributed by atoms with van der Waals surface area (Å²) in [6, 6.07) is 5.97. The van der Waals surface area contributed by atoms with Crippen molar-refractivity contribution in [3.05, 3.63) is 34.3 Å². The maximum absolute atomic E-state index is 13.1. The first-order valence-corrected chi connectivity index (χ1v) is 8.29. The Kier molecular flexibility index (Phi) is 4.71. The average Bonchev–Trinajstić information content (AvgIpc) is 2.55. The number of carbonyl (C=O) groups excluding carboxylic acids is 1. The number of fused-ring (bicyclic) bond motifs is 1. The molecule has 0 saturated carbocycles. The molecule has 2 aliphatic rings. The first kappa shape index (κ1) is 15.8. The molecule has 0 unspecified atom stereocenters. The molecule has 4 nitrogen and oxygen atoms in total. The lowest BCUT2D eigenvalue weighted by atomic mass is 9.77. The molecule has 3 rings (SSSR count). The van der Waals surface area contributed by atoms with E-state index in [0.717, 1.165) is 43.9 Å². The third-order valence-electron chi connectivity index (χ3n) is 4.93. The highest BCUT2D eigenvalue weighted by Gasteiger charge is 2.42. The van der Waals surface area contributed by atoms with Crippen LogP contribution in [-0.2, 0) is 22.5 Å². The number of benzene rings is 1. The zero-order valence-electron chi connectivity index (χ0n) is 13.0. The van der Waals surface area contributed by atoms with Crippen LogP contribution in [0.15, 0.2) is 18.2 Å². The van der Waals surface area contributed by atoms with Gasteiger partial charge in [-0.25, -0.2) is 0 Å². The molecule has 0 atom stereocenters. The van der Waals surface area contributed by atoms with Crippen molar-refractivity contribution < 1.29 is 9.53 Å². The summed E-state index contributed by atoms with van der Waals surface area (Å²) in [5.74, 6) is 0.237. The molecule has 0 radical (unpaired) electrons. The summed E-state index contributed by atoms with van der Waals surface area (Å²) < 4.78 is 5.39. The zero-order chi connectivity index (χ0) is 15.6.